The lowest BCUT2D eigenvalue weighted by Gasteiger charge is -2.17. The summed E-state index contributed by atoms with van der Waals surface area (Å²) < 4.78 is 12.2. The minimum Gasteiger partial charge on any atom is -0.490 e. The molecular weight excluding hydrogens is 478 g/mol. The number of carboxylic acids is 1. The Balaban J connectivity index is 1.67. The maximum atomic E-state index is 12.6. The van der Waals surface area contributed by atoms with Crippen molar-refractivity contribution in [1.29, 1.82) is 0 Å². The van der Waals surface area contributed by atoms with Crippen LogP contribution in [-0.4, -0.2) is 40.3 Å². The summed E-state index contributed by atoms with van der Waals surface area (Å²) in [6.45, 7) is 5.77. The number of hydrogen-bond acceptors (Lipinski definition) is 6. The lowest BCUT2D eigenvalue weighted by atomic mass is 10.0. The first-order valence-electron chi connectivity index (χ1n) is 11.4. The molecular formula is C28H25NO6S. The second-order valence-electron chi connectivity index (χ2n) is 8.02. The van der Waals surface area contributed by atoms with Crippen molar-refractivity contribution in [3.8, 4) is 11.5 Å². The summed E-state index contributed by atoms with van der Waals surface area (Å²) in [6.07, 6.45) is 3.81. The van der Waals surface area contributed by atoms with Crippen molar-refractivity contribution >= 4 is 45.7 Å². The zero-order chi connectivity index (χ0) is 25.7. The number of imide groups is 1. The van der Waals surface area contributed by atoms with Crippen molar-refractivity contribution in [3.63, 3.8) is 0 Å². The van der Waals surface area contributed by atoms with Gasteiger partial charge in [-0.25, -0.2) is 0 Å². The summed E-state index contributed by atoms with van der Waals surface area (Å²) in [5.41, 5.74) is 2.48. The number of carboxylic acid groups (broad SMARTS) is 1. The first-order chi connectivity index (χ1) is 17.4. The van der Waals surface area contributed by atoms with Gasteiger partial charge in [-0.05, 0) is 65.2 Å². The molecule has 3 aromatic rings. The van der Waals surface area contributed by atoms with Crippen molar-refractivity contribution in [1.82, 2.24) is 4.90 Å². The fourth-order valence-electron chi connectivity index (χ4n) is 3.99. The van der Waals surface area contributed by atoms with E-state index in [2.05, 4.69) is 24.8 Å². The molecule has 8 heteroatoms. The Kier molecular flexibility index (Phi) is 7.75. The van der Waals surface area contributed by atoms with Crippen LogP contribution in [0, 0.1) is 0 Å². The Labute approximate surface area is 213 Å². The summed E-state index contributed by atoms with van der Waals surface area (Å²) in [6, 6.07) is 17.8. The molecule has 0 saturated carbocycles. The molecule has 1 N–H and O–H groups in total. The van der Waals surface area contributed by atoms with Crippen LogP contribution in [0.4, 0.5) is 4.79 Å². The molecule has 0 atom stereocenters. The van der Waals surface area contributed by atoms with Crippen LogP contribution < -0.4 is 9.47 Å². The minimum absolute atomic E-state index is 0.151. The molecule has 0 spiro atoms. The van der Waals surface area contributed by atoms with Gasteiger partial charge in [0.05, 0.1) is 11.5 Å². The monoisotopic (exact) mass is 503 g/mol. The lowest BCUT2D eigenvalue weighted by molar-refractivity contribution is -0.140. The fourth-order valence-corrected chi connectivity index (χ4v) is 4.83. The van der Waals surface area contributed by atoms with Crippen LogP contribution in [-0.2, 0) is 22.6 Å². The number of thioether (sulfide) groups is 1. The molecule has 1 heterocycles. The fraction of sp³-hybridized carbons (Fsp3) is 0.179. The van der Waals surface area contributed by atoms with Gasteiger partial charge in [0.2, 0.25) is 0 Å². The van der Waals surface area contributed by atoms with Crippen molar-refractivity contribution in [2.75, 3.05) is 13.2 Å². The van der Waals surface area contributed by atoms with Gasteiger partial charge in [-0.1, -0.05) is 48.5 Å². The van der Waals surface area contributed by atoms with E-state index in [1.54, 1.807) is 18.2 Å². The zero-order valence-corrected chi connectivity index (χ0v) is 20.5. The summed E-state index contributed by atoms with van der Waals surface area (Å²) in [4.78, 5) is 36.6. The van der Waals surface area contributed by atoms with Crippen molar-refractivity contribution in [3.05, 3.63) is 88.8 Å². The van der Waals surface area contributed by atoms with Gasteiger partial charge in [-0.3, -0.25) is 19.3 Å². The molecule has 3 aromatic carbocycles. The van der Waals surface area contributed by atoms with Gasteiger partial charge in [-0.15, -0.1) is 6.58 Å². The topological polar surface area (TPSA) is 93.1 Å². The Hall–Kier alpha value is -4.04. The SMILES string of the molecule is C=CCc1cc(/C=C2/SC(=O)N(CC(=O)O)C2=O)cc(OCC)c1OCc1cccc2ccccc12. The Morgan fingerprint density at radius 3 is 2.61 bits per heavy atom. The van der Waals surface area contributed by atoms with Crippen LogP contribution in [0.2, 0.25) is 0 Å². The van der Waals surface area contributed by atoms with Crippen LogP contribution in [0.1, 0.15) is 23.6 Å². The summed E-state index contributed by atoms with van der Waals surface area (Å²) in [5, 5.41) is 10.6. The largest absolute Gasteiger partial charge is 0.490 e. The van der Waals surface area contributed by atoms with E-state index in [0.717, 1.165) is 21.9 Å². The van der Waals surface area contributed by atoms with E-state index in [1.165, 1.54) is 0 Å². The van der Waals surface area contributed by atoms with E-state index < -0.39 is 23.7 Å². The number of carbonyl (C=O) groups excluding carboxylic acids is 2. The quantitative estimate of drug-likeness (QED) is 0.282. The molecule has 0 aliphatic carbocycles. The molecule has 1 fully saturated rings. The first-order valence-corrected chi connectivity index (χ1v) is 12.2. The van der Waals surface area contributed by atoms with Crippen LogP contribution in [0.3, 0.4) is 0 Å². The van der Waals surface area contributed by atoms with E-state index in [9.17, 15) is 14.4 Å². The van der Waals surface area contributed by atoms with Gasteiger partial charge in [0.1, 0.15) is 13.2 Å². The molecule has 0 unspecified atom stereocenters. The zero-order valence-electron chi connectivity index (χ0n) is 19.7. The predicted molar refractivity (Wildman–Crippen MR) is 140 cm³/mol. The van der Waals surface area contributed by atoms with E-state index in [0.29, 0.717) is 53.4 Å². The van der Waals surface area contributed by atoms with Crippen LogP contribution in [0.15, 0.2) is 72.2 Å². The van der Waals surface area contributed by atoms with Crippen molar-refractivity contribution in [2.45, 2.75) is 20.0 Å². The number of hydrogen-bond donors (Lipinski definition) is 1. The molecule has 1 saturated heterocycles. The molecule has 7 nitrogen and oxygen atoms in total. The number of allylic oxidation sites excluding steroid dienone is 1. The van der Waals surface area contributed by atoms with Crippen LogP contribution >= 0.6 is 11.8 Å². The number of aliphatic carboxylic acids is 1. The number of carbonyl (C=O) groups is 3. The highest BCUT2D eigenvalue weighted by molar-refractivity contribution is 8.18. The number of amides is 2. The number of ether oxygens (including phenoxy) is 2. The number of nitrogens with zero attached hydrogens (tertiary/aromatic N) is 1. The van der Waals surface area contributed by atoms with E-state index in [4.69, 9.17) is 14.6 Å². The number of fused-ring (bicyclic) bond motifs is 1. The van der Waals surface area contributed by atoms with E-state index >= 15 is 0 Å². The third kappa shape index (κ3) is 5.44. The second kappa shape index (κ2) is 11.1. The maximum Gasteiger partial charge on any atom is 0.323 e. The molecule has 36 heavy (non-hydrogen) atoms. The average Bonchev–Trinajstić information content (AvgIpc) is 3.11. The summed E-state index contributed by atoms with van der Waals surface area (Å²) >= 11 is 0.713. The third-order valence-corrected chi connectivity index (χ3v) is 6.44. The number of rotatable bonds is 10. The van der Waals surface area contributed by atoms with Gasteiger partial charge >= 0.3 is 5.97 Å². The maximum absolute atomic E-state index is 12.6. The Morgan fingerprint density at radius 2 is 1.86 bits per heavy atom. The average molecular weight is 504 g/mol. The second-order valence-corrected chi connectivity index (χ2v) is 9.01. The van der Waals surface area contributed by atoms with Gasteiger partial charge < -0.3 is 14.6 Å². The molecule has 2 amide bonds. The first kappa shape index (κ1) is 25.1. The smallest absolute Gasteiger partial charge is 0.323 e. The van der Waals surface area contributed by atoms with Crippen LogP contribution in [0.25, 0.3) is 16.8 Å². The standard InChI is InChI=1S/C28H25NO6S/c1-3-8-20-13-18(15-24-27(32)29(16-25(30)31)28(33)36-24)14-23(34-4-2)26(20)35-17-21-11-7-10-19-9-5-6-12-22(19)21/h3,5-7,9-15H,1,4,8,16-17H2,2H3,(H,30,31)/b24-15+. The van der Waals surface area contributed by atoms with E-state index in [-0.39, 0.29) is 4.91 Å². The van der Waals surface area contributed by atoms with Crippen molar-refractivity contribution < 1.29 is 29.0 Å². The summed E-state index contributed by atoms with van der Waals surface area (Å²) in [5.74, 6) is -0.793. The van der Waals surface area contributed by atoms with Crippen LogP contribution in [0.5, 0.6) is 11.5 Å². The van der Waals surface area contributed by atoms with Crippen molar-refractivity contribution in [2.24, 2.45) is 0 Å². The number of benzene rings is 3. The van der Waals surface area contributed by atoms with Gasteiger partial charge in [0, 0.05) is 5.56 Å². The van der Waals surface area contributed by atoms with Gasteiger partial charge in [-0.2, -0.15) is 0 Å². The van der Waals surface area contributed by atoms with E-state index in [1.807, 2.05) is 37.3 Å². The van der Waals surface area contributed by atoms with Gasteiger partial charge in [0.15, 0.2) is 11.5 Å². The Morgan fingerprint density at radius 1 is 1.08 bits per heavy atom. The molecule has 1 aliphatic heterocycles. The van der Waals surface area contributed by atoms with Gasteiger partial charge in [0.25, 0.3) is 11.1 Å². The lowest BCUT2D eigenvalue weighted by Crippen LogP contribution is -2.33. The molecule has 1 aliphatic rings. The normalized spacial score (nSPS) is 14.5. The highest BCUT2D eigenvalue weighted by Gasteiger charge is 2.36. The molecule has 184 valence electrons. The minimum atomic E-state index is -1.25. The molecule has 0 bridgehead atoms. The highest BCUT2D eigenvalue weighted by Crippen LogP contribution is 2.38. The third-order valence-electron chi connectivity index (χ3n) is 5.53. The molecule has 0 radical (unpaired) electrons. The highest BCUT2D eigenvalue weighted by atomic mass is 32.2. The Bertz CT molecular complexity index is 1370. The molecule has 0 aromatic heterocycles. The predicted octanol–water partition coefficient (Wildman–Crippen LogP) is 5.67. The summed E-state index contributed by atoms with van der Waals surface area (Å²) in [7, 11) is 0. The molecule has 4 rings (SSSR count).